The van der Waals surface area contributed by atoms with E-state index in [1.165, 1.54) is 21.2 Å². The van der Waals surface area contributed by atoms with Gasteiger partial charge in [-0.1, -0.05) is 65.0 Å². The molecule has 2 rings (SSSR count). The lowest BCUT2D eigenvalue weighted by Gasteiger charge is -1.99. The van der Waals surface area contributed by atoms with Gasteiger partial charge in [-0.25, -0.2) is 0 Å². The molecule has 0 aliphatic heterocycles. The highest BCUT2D eigenvalue weighted by Gasteiger charge is 1.95. The molecule has 0 heterocycles. The van der Waals surface area contributed by atoms with Gasteiger partial charge in [-0.15, -0.1) is 0 Å². The van der Waals surface area contributed by atoms with Gasteiger partial charge in [0.2, 0.25) is 0 Å². The normalized spacial score (nSPS) is 13.4. The number of hydrogen-bond donors (Lipinski definition) is 0. The van der Waals surface area contributed by atoms with Crippen molar-refractivity contribution >= 4 is 38.9 Å². The van der Waals surface area contributed by atoms with Gasteiger partial charge >= 0.3 is 0 Å². The molecule has 0 amide bonds. The molecule has 0 N–H and O–H groups in total. The predicted octanol–water partition coefficient (Wildman–Crippen LogP) is 3.33. The first-order chi connectivity index (χ1) is 7.72. The van der Waals surface area contributed by atoms with Crippen LogP contribution in [0.3, 0.4) is 0 Å². The molecule has 0 fully saturated rings. The van der Waals surface area contributed by atoms with E-state index in [2.05, 4.69) is 78.0 Å². The van der Waals surface area contributed by atoms with E-state index < -0.39 is 0 Å². The first-order valence-corrected chi connectivity index (χ1v) is 6.02. The van der Waals surface area contributed by atoms with Gasteiger partial charge < -0.3 is 0 Å². The second-order valence-electron chi connectivity index (χ2n) is 3.67. The van der Waals surface area contributed by atoms with Crippen LogP contribution in [0.5, 0.6) is 0 Å². The zero-order valence-corrected chi connectivity index (χ0v) is 10.8. The quantitative estimate of drug-likeness (QED) is 0.747. The minimum absolute atomic E-state index is 0.895. The van der Waals surface area contributed by atoms with Gasteiger partial charge in [-0.3, -0.25) is 0 Å². The fourth-order valence-corrected chi connectivity index (χ4v) is 2.11. The van der Waals surface area contributed by atoms with E-state index in [0.717, 1.165) is 4.48 Å². The van der Waals surface area contributed by atoms with Gasteiger partial charge in [0.25, 0.3) is 0 Å². The average Bonchev–Trinajstić information content (AvgIpc) is 2.29. The minimum atomic E-state index is 0.895. The maximum Gasteiger partial charge on any atom is 0.0109 e. The average molecular weight is 273 g/mol. The van der Waals surface area contributed by atoms with Crippen LogP contribution >= 0.6 is 15.9 Å². The summed E-state index contributed by atoms with van der Waals surface area (Å²) in [6.07, 6.45) is 4.19. The topological polar surface area (TPSA) is 0 Å². The summed E-state index contributed by atoms with van der Waals surface area (Å²) in [6.45, 7) is 5.93. The molecule has 0 nitrogen and oxygen atoms in total. The lowest BCUT2D eigenvalue weighted by Crippen LogP contribution is -2.24. The summed E-state index contributed by atoms with van der Waals surface area (Å²) in [5.74, 6) is 0. The van der Waals surface area contributed by atoms with Crippen molar-refractivity contribution in [3.05, 3.63) is 57.9 Å². The molecule has 0 aromatic heterocycles. The molecule has 0 saturated carbocycles. The highest BCUT2D eigenvalue weighted by molar-refractivity contribution is 9.12. The summed E-state index contributed by atoms with van der Waals surface area (Å²) in [5, 5.41) is 4.98. The summed E-state index contributed by atoms with van der Waals surface area (Å²) in [5.41, 5.74) is 0. The van der Waals surface area contributed by atoms with E-state index in [4.69, 9.17) is 0 Å². The maximum atomic E-state index is 3.88. The van der Waals surface area contributed by atoms with Crippen LogP contribution in [0.2, 0.25) is 0 Å². The Hall–Kier alpha value is -1.34. The molecule has 2 aromatic carbocycles. The lowest BCUT2D eigenvalue weighted by atomic mass is 10.1. The molecule has 0 saturated heterocycles. The van der Waals surface area contributed by atoms with Crippen LogP contribution in [-0.2, 0) is 0 Å². The Labute approximate surface area is 104 Å². The summed E-state index contributed by atoms with van der Waals surface area (Å²) in [7, 11) is 0. The number of benzene rings is 2. The highest BCUT2D eigenvalue weighted by Crippen LogP contribution is 2.08. The standard InChI is InChI=1S/C15H13Br/c1-3-12-8-9-13-6-4-5-7-14(13)15(12)10-11(2)16/h3-10H,2H2,1H3/b12-3-,15-10+. The van der Waals surface area contributed by atoms with Crippen LogP contribution in [0.25, 0.3) is 22.9 Å². The van der Waals surface area contributed by atoms with E-state index >= 15 is 0 Å². The van der Waals surface area contributed by atoms with Crippen molar-refractivity contribution < 1.29 is 0 Å². The molecule has 0 atom stereocenters. The fraction of sp³-hybridized carbons (Fsp3) is 0.0667. The first kappa shape index (κ1) is 11.2. The van der Waals surface area contributed by atoms with Crippen molar-refractivity contribution in [2.24, 2.45) is 0 Å². The van der Waals surface area contributed by atoms with Gasteiger partial charge in [0.05, 0.1) is 0 Å². The van der Waals surface area contributed by atoms with Gasteiger partial charge in [0.1, 0.15) is 0 Å². The number of allylic oxidation sites excluding steroid dienone is 1. The smallest absolute Gasteiger partial charge is 0.0109 e. The van der Waals surface area contributed by atoms with Gasteiger partial charge in [0.15, 0.2) is 0 Å². The van der Waals surface area contributed by atoms with E-state index in [1.54, 1.807) is 0 Å². The van der Waals surface area contributed by atoms with Crippen LogP contribution < -0.4 is 10.4 Å². The molecule has 2 aromatic rings. The van der Waals surface area contributed by atoms with Crippen molar-refractivity contribution in [1.29, 1.82) is 0 Å². The van der Waals surface area contributed by atoms with Crippen molar-refractivity contribution in [2.75, 3.05) is 0 Å². The van der Waals surface area contributed by atoms with Crippen molar-refractivity contribution in [1.82, 2.24) is 0 Å². The molecule has 0 radical (unpaired) electrons. The largest absolute Gasteiger partial charge is 0.0847 e. The second kappa shape index (κ2) is 4.67. The van der Waals surface area contributed by atoms with Crippen LogP contribution in [0.1, 0.15) is 6.92 Å². The third-order valence-corrected chi connectivity index (χ3v) is 2.85. The number of hydrogen-bond acceptors (Lipinski definition) is 0. The van der Waals surface area contributed by atoms with Crippen LogP contribution in [0.4, 0.5) is 0 Å². The molecule has 0 unspecified atom stereocenters. The van der Waals surface area contributed by atoms with Crippen LogP contribution in [0, 0.1) is 0 Å². The van der Waals surface area contributed by atoms with Crippen molar-refractivity contribution in [2.45, 2.75) is 6.92 Å². The van der Waals surface area contributed by atoms with Gasteiger partial charge in [0, 0.05) is 4.48 Å². The molecule has 80 valence electrons. The zero-order chi connectivity index (χ0) is 11.5. The van der Waals surface area contributed by atoms with Crippen LogP contribution in [-0.4, -0.2) is 0 Å². The summed E-state index contributed by atoms with van der Waals surface area (Å²) in [4.78, 5) is 0. The van der Waals surface area contributed by atoms with E-state index in [9.17, 15) is 0 Å². The Morgan fingerprint density at radius 3 is 2.62 bits per heavy atom. The highest BCUT2D eigenvalue weighted by atomic mass is 79.9. The maximum absolute atomic E-state index is 3.88. The molecule has 16 heavy (non-hydrogen) atoms. The molecule has 0 spiro atoms. The Kier molecular flexibility index (Phi) is 3.25. The SMILES string of the molecule is C=C(Br)/C=c1\c(=C/C)ccc2ccccc12. The Balaban J connectivity index is 3.02. The Morgan fingerprint density at radius 1 is 1.19 bits per heavy atom. The fourth-order valence-electron chi connectivity index (χ4n) is 1.88. The molecule has 1 heteroatoms. The summed E-state index contributed by atoms with van der Waals surface area (Å²) < 4.78 is 0.895. The van der Waals surface area contributed by atoms with Gasteiger partial charge in [-0.2, -0.15) is 0 Å². The molecule has 0 aliphatic carbocycles. The lowest BCUT2D eigenvalue weighted by molar-refractivity contribution is 1.56. The molecule has 0 bridgehead atoms. The monoisotopic (exact) mass is 272 g/mol. The third-order valence-electron chi connectivity index (χ3n) is 2.62. The first-order valence-electron chi connectivity index (χ1n) is 5.22. The third kappa shape index (κ3) is 2.10. The van der Waals surface area contributed by atoms with Crippen molar-refractivity contribution in [3.8, 4) is 0 Å². The van der Waals surface area contributed by atoms with E-state index in [0.29, 0.717) is 0 Å². The number of fused-ring (bicyclic) bond motifs is 1. The second-order valence-corrected chi connectivity index (χ2v) is 4.69. The van der Waals surface area contributed by atoms with Crippen LogP contribution in [0.15, 0.2) is 47.5 Å². The van der Waals surface area contributed by atoms with E-state index in [-0.39, 0.29) is 0 Å². The number of rotatable bonds is 1. The van der Waals surface area contributed by atoms with Crippen molar-refractivity contribution in [3.63, 3.8) is 0 Å². The molecular weight excluding hydrogens is 260 g/mol. The van der Waals surface area contributed by atoms with Gasteiger partial charge in [-0.05, 0) is 34.2 Å². The minimum Gasteiger partial charge on any atom is -0.0847 e. The van der Waals surface area contributed by atoms with E-state index in [1.807, 2.05) is 0 Å². The Bertz CT molecular complexity index is 651. The predicted molar refractivity (Wildman–Crippen MR) is 75.9 cm³/mol. The summed E-state index contributed by atoms with van der Waals surface area (Å²) >= 11 is 3.40. The molecule has 0 aliphatic rings. The molecular formula is C15H13Br. The number of halogens is 1. The zero-order valence-electron chi connectivity index (χ0n) is 9.20. The summed E-state index contributed by atoms with van der Waals surface area (Å²) in [6, 6.07) is 12.7. The Morgan fingerprint density at radius 2 is 1.94 bits per heavy atom.